The van der Waals surface area contributed by atoms with Gasteiger partial charge >= 0.3 is 7.05 Å². The van der Waals surface area contributed by atoms with Gasteiger partial charge in [-0.1, -0.05) is 17.7 Å². The third-order valence-electron chi connectivity index (χ3n) is 1.43. The number of rotatable bonds is 2. The maximum Gasteiger partial charge on any atom is 0.406 e. The quantitative estimate of drug-likeness (QED) is 0.624. The van der Waals surface area contributed by atoms with Crippen LogP contribution in [0.1, 0.15) is 5.56 Å². The van der Waals surface area contributed by atoms with E-state index in [-0.39, 0.29) is 0 Å². The Morgan fingerprint density at radius 3 is 2.27 bits per heavy atom. The van der Waals surface area contributed by atoms with Gasteiger partial charge in [0.05, 0.1) is 0 Å². The topological polar surface area (TPSA) is 32.3 Å². The van der Waals surface area contributed by atoms with Crippen molar-refractivity contribution in [1.29, 1.82) is 0 Å². The largest absolute Gasteiger partial charge is 0.433 e. The van der Waals surface area contributed by atoms with Crippen molar-refractivity contribution in [2.24, 2.45) is 0 Å². The van der Waals surface area contributed by atoms with Gasteiger partial charge in [0.2, 0.25) is 0 Å². The second-order valence-electron chi connectivity index (χ2n) is 2.69. The lowest BCUT2D eigenvalue weighted by Gasteiger charge is -2.05. The number of aryl methyl sites for hydroxylation is 1. The van der Waals surface area contributed by atoms with Crippen LogP contribution in [0.15, 0.2) is 24.3 Å². The van der Waals surface area contributed by atoms with Crippen LogP contribution in [0.2, 0.25) is 6.82 Å². The molecule has 0 aliphatic rings. The van der Waals surface area contributed by atoms with Gasteiger partial charge in [0.1, 0.15) is 0 Å². The number of nitrogens with one attached hydrogen (secondary N) is 1. The molecule has 0 aliphatic carbocycles. The smallest absolute Gasteiger partial charge is 0.406 e. The minimum atomic E-state index is -0.488. The lowest BCUT2D eigenvalue weighted by atomic mass is 9.88. The van der Waals surface area contributed by atoms with E-state index in [1.165, 1.54) is 5.56 Å². The monoisotopic (exact) mass is 149 g/mol. The highest BCUT2D eigenvalue weighted by molar-refractivity contribution is 6.52. The molecule has 0 aromatic heterocycles. The Hall–Kier alpha value is -0.955. The Labute approximate surface area is 67.4 Å². The molecule has 0 saturated carbocycles. The molecule has 11 heavy (non-hydrogen) atoms. The first kappa shape index (κ1) is 8.14. The van der Waals surface area contributed by atoms with Crippen molar-refractivity contribution in [3.05, 3.63) is 29.8 Å². The van der Waals surface area contributed by atoms with Crippen LogP contribution in [-0.2, 0) is 0 Å². The summed E-state index contributed by atoms with van der Waals surface area (Å²) in [6, 6.07) is 7.90. The molecule has 0 atom stereocenters. The summed E-state index contributed by atoms with van der Waals surface area (Å²) in [4.78, 5) is 0. The molecule has 3 heteroatoms. The molecular weight excluding hydrogens is 137 g/mol. The van der Waals surface area contributed by atoms with Crippen LogP contribution in [0.5, 0.6) is 0 Å². The van der Waals surface area contributed by atoms with Crippen molar-refractivity contribution in [3.8, 4) is 0 Å². The van der Waals surface area contributed by atoms with Crippen LogP contribution in [0.4, 0.5) is 5.69 Å². The normalized spacial score (nSPS) is 9.36. The molecule has 2 nitrogen and oxygen atoms in total. The standard InChI is InChI=1S/C8H12BNO/c1-7-3-5-8(6-4-7)10-9(2)11/h3-6,10-11H,1-2H3. The van der Waals surface area contributed by atoms with Gasteiger partial charge in [0.15, 0.2) is 0 Å². The van der Waals surface area contributed by atoms with Crippen molar-refractivity contribution in [1.82, 2.24) is 0 Å². The molecule has 1 aromatic carbocycles. The molecule has 2 N–H and O–H groups in total. The Morgan fingerprint density at radius 2 is 1.82 bits per heavy atom. The Bertz CT molecular complexity index is 220. The molecule has 0 saturated heterocycles. The van der Waals surface area contributed by atoms with Crippen molar-refractivity contribution in [2.45, 2.75) is 13.7 Å². The zero-order chi connectivity index (χ0) is 8.27. The predicted octanol–water partition coefficient (Wildman–Crippen LogP) is 1.52. The minimum Gasteiger partial charge on any atom is -0.433 e. The molecule has 0 bridgehead atoms. The lowest BCUT2D eigenvalue weighted by Crippen LogP contribution is -2.19. The molecule has 0 amide bonds. The molecule has 0 spiro atoms. The summed E-state index contributed by atoms with van der Waals surface area (Å²) in [7, 11) is -0.488. The molecular formula is C8H12BNO. The van der Waals surface area contributed by atoms with Crippen LogP contribution >= 0.6 is 0 Å². The molecule has 58 valence electrons. The fraction of sp³-hybridized carbons (Fsp3) is 0.250. The first-order valence-electron chi connectivity index (χ1n) is 3.70. The van der Waals surface area contributed by atoms with Crippen LogP contribution < -0.4 is 5.23 Å². The van der Waals surface area contributed by atoms with Gasteiger partial charge in [0, 0.05) is 5.69 Å². The summed E-state index contributed by atoms with van der Waals surface area (Å²) in [6.07, 6.45) is 0. The predicted molar refractivity (Wildman–Crippen MR) is 48.6 cm³/mol. The van der Waals surface area contributed by atoms with Gasteiger partial charge in [-0.05, 0) is 25.9 Å². The van der Waals surface area contributed by atoms with Gasteiger partial charge in [-0.25, -0.2) is 0 Å². The van der Waals surface area contributed by atoms with Crippen molar-refractivity contribution >= 4 is 12.7 Å². The van der Waals surface area contributed by atoms with Crippen LogP contribution in [0, 0.1) is 6.92 Å². The molecule has 1 aromatic rings. The van der Waals surface area contributed by atoms with Gasteiger partial charge in [-0.3, -0.25) is 0 Å². The number of hydrogen-bond donors (Lipinski definition) is 2. The Morgan fingerprint density at radius 1 is 1.27 bits per heavy atom. The van der Waals surface area contributed by atoms with E-state index in [9.17, 15) is 0 Å². The van der Waals surface area contributed by atoms with Crippen LogP contribution in [0.25, 0.3) is 0 Å². The highest BCUT2D eigenvalue weighted by Crippen LogP contribution is 2.07. The van der Waals surface area contributed by atoms with E-state index in [1.807, 2.05) is 31.2 Å². The highest BCUT2D eigenvalue weighted by atomic mass is 16.2. The SMILES string of the molecule is CB(O)Nc1ccc(C)cc1. The van der Waals surface area contributed by atoms with Crippen molar-refractivity contribution in [2.75, 3.05) is 5.23 Å². The van der Waals surface area contributed by atoms with E-state index >= 15 is 0 Å². The lowest BCUT2D eigenvalue weighted by molar-refractivity contribution is 0.587. The van der Waals surface area contributed by atoms with Crippen LogP contribution in [0.3, 0.4) is 0 Å². The van der Waals surface area contributed by atoms with Crippen molar-refractivity contribution in [3.63, 3.8) is 0 Å². The van der Waals surface area contributed by atoms with E-state index in [1.54, 1.807) is 6.82 Å². The van der Waals surface area contributed by atoms with Crippen LogP contribution in [-0.4, -0.2) is 12.1 Å². The second kappa shape index (κ2) is 3.44. The zero-order valence-electron chi connectivity index (χ0n) is 6.83. The summed E-state index contributed by atoms with van der Waals surface area (Å²) in [5.74, 6) is 0. The molecule has 0 unspecified atom stereocenters. The average Bonchev–Trinajstić information content (AvgIpc) is 1.93. The maximum atomic E-state index is 8.96. The minimum absolute atomic E-state index is 0.488. The number of benzene rings is 1. The third-order valence-corrected chi connectivity index (χ3v) is 1.43. The fourth-order valence-corrected chi connectivity index (χ4v) is 0.891. The first-order chi connectivity index (χ1) is 5.18. The Kier molecular flexibility index (Phi) is 2.55. The molecule has 0 radical (unpaired) electrons. The second-order valence-corrected chi connectivity index (χ2v) is 2.69. The summed E-state index contributed by atoms with van der Waals surface area (Å²) < 4.78 is 0. The maximum absolute atomic E-state index is 8.96. The van der Waals surface area contributed by atoms with E-state index in [2.05, 4.69) is 5.23 Å². The van der Waals surface area contributed by atoms with Gasteiger partial charge < -0.3 is 10.3 Å². The zero-order valence-corrected chi connectivity index (χ0v) is 6.83. The summed E-state index contributed by atoms with van der Waals surface area (Å²) >= 11 is 0. The van der Waals surface area contributed by atoms with Gasteiger partial charge in [-0.2, -0.15) is 0 Å². The van der Waals surface area contributed by atoms with E-state index in [0.717, 1.165) is 5.69 Å². The summed E-state index contributed by atoms with van der Waals surface area (Å²) in [5, 5.41) is 11.9. The number of hydrogen-bond acceptors (Lipinski definition) is 2. The fourth-order valence-electron chi connectivity index (χ4n) is 0.891. The molecule has 0 aliphatic heterocycles. The van der Waals surface area contributed by atoms with E-state index in [4.69, 9.17) is 5.02 Å². The molecule has 0 heterocycles. The first-order valence-corrected chi connectivity index (χ1v) is 3.70. The average molecular weight is 149 g/mol. The van der Waals surface area contributed by atoms with Gasteiger partial charge in [0.25, 0.3) is 0 Å². The Balaban J connectivity index is 2.66. The van der Waals surface area contributed by atoms with E-state index < -0.39 is 7.05 Å². The number of anilines is 1. The van der Waals surface area contributed by atoms with E-state index in [0.29, 0.717) is 0 Å². The van der Waals surface area contributed by atoms with Gasteiger partial charge in [-0.15, -0.1) is 0 Å². The molecule has 0 fully saturated rings. The highest BCUT2D eigenvalue weighted by Gasteiger charge is 2.00. The third kappa shape index (κ3) is 2.64. The summed E-state index contributed by atoms with van der Waals surface area (Å²) in [5.41, 5.74) is 2.17. The molecule has 1 rings (SSSR count). The van der Waals surface area contributed by atoms with Crippen molar-refractivity contribution < 1.29 is 5.02 Å². The summed E-state index contributed by atoms with van der Waals surface area (Å²) in [6.45, 7) is 3.73.